The number of anilines is 1. The summed E-state index contributed by atoms with van der Waals surface area (Å²) < 4.78 is 2.32. The molecule has 0 saturated heterocycles. The summed E-state index contributed by atoms with van der Waals surface area (Å²) in [6, 6.07) is 0.671. The molecule has 1 aliphatic rings. The minimum absolute atomic E-state index is 0.298. The highest BCUT2D eigenvalue weighted by Gasteiger charge is 2.19. The maximum Gasteiger partial charge on any atom is 0.203 e. The van der Waals surface area contributed by atoms with E-state index in [1.54, 1.807) is 0 Å². The largest absolute Gasteiger partial charge is 0.355 e. The lowest BCUT2D eigenvalue weighted by Gasteiger charge is -2.21. The van der Waals surface area contributed by atoms with Crippen LogP contribution in [0.2, 0.25) is 0 Å². The van der Waals surface area contributed by atoms with E-state index in [9.17, 15) is 0 Å². The maximum atomic E-state index is 4.42. The molecule has 3 heteroatoms. The van der Waals surface area contributed by atoms with Gasteiger partial charge in [-0.1, -0.05) is 33.6 Å². The van der Waals surface area contributed by atoms with E-state index in [2.05, 4.69) is 41.8 Å². The molecule has 0 amide bonds. The molecule has 1 aliphatic carbocycles. The van der Waals surface area contributed by atoms with Crippen molar-refractivity contribution in [1.29, 1.82) is 0 Å². The van der Waals surface area contributed by atoms with E-state index in [4.69, 9.17) is 0 Å². The molecule has 0 spiro atoms. The first-order valence-corrected chi connectivity index (χ1v) is 6.33. The lowest BCUT2D eigenvalue weighted by molar-refractivity contribution is 0.437. The maximum absolute atomic E-state index is 4.42. The van der Waals surface area contributed by atoms with Crippen LogP contribution in [0.1, 0.15) is 52.5 Å². The number of nitrogens with zero attached hydrogens (tertiary/aromatic N) is 2. The Morgan fingerprint density at radius 3 is 2.69 bits per heavy atom. The molecule has 0 radical (unpaired) electrons. The number of aromatic nitrogens is 2. The zero-order valence-corrected chi connectivity index (χ0v) is 10.7. The molecule has 1 N–H and O–H groups in total. The van der Waals surface area contributed by atoms with Crippen molar-refractivity contribution >= 4 is 5.95 Å². The Balaban J connectivity index is 2.01. The fraction of sp³-hybridized carbons (Fsp3) is 0.769. The summed E-state index contributed by atoms with van der Waals surface area (Å²) >= 11 is 0. The van der Waals surface area contributed by atoms with E-state index < -0.39 is 0 Å². The summed E-state index contributed by atoms with van der Waals surface area (Å²) in [7, 11) is 0. The third-order valence-corrected chi connectivity index (χ3v) is 3.16. The summed E-state index contributed by atoms with van der Waals surface area (Å²) in [5.41, 5.74) is 0.298. The van der Waals surface area contributed by atoms with Gasteiger partial charge in [-0.2, -0.15) is 0 Å². The first-order valence-electron chi connectivity index (χ1n) is 6.33. The predicted molar refractivity (Wildman–Crippen MR) is 67.7 cm³/mol. The van der Waals surface area contributed by atoms with Gasteiger partial charge in [-0.3, -0.25) is 0 Å². The monoisotopic (exact) mass is 221 g/mol. The van der Waals surface area contributed by atoms with E-state index in [-0.39, 0.29) is 0 Å². The standard InChI is InChI=1S/C13H23N3/c1-13(2,3)10-15-12-14-8-9-16(12)11-6-4-5-7-11/h8-9,11H,4-7,10H2,1-3H3,(H,14,15). The molecule has 1 saturated carbocycles. The zero-order valence-electron chi connectivity index (χ0n) is 10.7. The second-order valence-electron chi connectivity index (χ2n) is 6.01. The quantitative estimate of drug-likeness (QED) is 0.847. The average Bonchev–Trinajstić information content (AvgIpc) is 2.84. The predicted octanol–water partition coefficient (Wildman–Crippen LogP) is 3.46. The molecule has 1 aromatic rings. The van der Waals surface area contributed by atoms with Gasteiger partial charge in [0, 0.05) is 25.0 Å². The molecule has 0 atom stereocenters. The normalized spacial score (nSPS) is 17.9. The Labute approximate surface area is 98.3 Å². The molecule has 2 rings (SSSR count). The van der Waals surface area contributed by atoms with Crippen LogP contribution in [0.5, 0.6) is 0 Å². The molecule has 1 fully saturated rings. The fourth-order valence-corrected chi connectivity index (χ4v) is 2.27. The molecule has 16 heavy (non-hydrogen) atoms. The van der Waals surface area contributed by atoms with Gasteiger partial charge in [0.2, 0.25) is 5.95 Å². The molecule has 0 unspecified atom stereocenters. The second-order valence-corrected chi connectivity index (χ2v) is 6.01. The van der Waals surface area contributed by atoms with E-state index in [0.29, 0.717) is 11.5 Å². The van der Waals surface area contributed by atoms with Crippen molar-refractivity contribution in [2.24, 2.45) is 5.41 Å². The third kappa shape index (κ3) is 2.77. The Morgan fingerprint density at radius 2 is 2.06 bits per heavy atom. The van der Waals surface area contributed by atoms with Gasteiger partial charge in [0.05, 0.1) is 0 Å². The molecule has 3 nitrogen and oxygen atoms in total. The summed E-state index contributed by atoms with van der Waals surface area (Å²) in [4.78, 5) is 4.42. The highest BCUT2D eigenvalue weighted by Crippen LogP contribution is 2.31. The van der Waals surface area contributed by atoms with Crippen molar-refractivity contribution in [2.45, 2.75) is 52.5 Å². The SMILES string of the molecule is CC(C)(C)CNc1nccn1C1CCCC1. The molecule has 1 aromatic heterocycles. The number of hydrogen-bond donors (Lipinski definition) is 1. The van der Waals surface area contributed by atoms with Gasteiger partial charge in [-0.15, -0.1) is 0 Å². The molecule has 0 aromatic carbocycles. The van der Waals surface area contributed by atoms with Crippen LogP contribution in [0.4, 0.5) is 5.95 Å². The van der Waals surface area contributed by atoms with Crippen LogP contribution in [0.25, 0.3) is 0 Å². The lowest BCUT2D eigenvalue weighted by Crippen LogP contribution is -2.21. The molecule has 0 bridgehead atoms. The van der Waals surface area contributed by atoms with Crippen LogP contribution in [-0.2, 0) is 0 Å². The molecule has 0 aliphatic heterocycles. The fourth-order valence-electron chi connectivity index (χ4n) is 2.27. The van der Waals surface area contributed by atoms with E-state index in [1.165, 1.54) is 25.7 Å². The topological polar surface area (TPSA) is 29.9 Å². The van der Waals surface area contributed by atoms with Gasteiger partial charge < -0.3 is 9.88 Å². The summed E-state index contributed by atoms with van der Waals surface area (Å²) in [5, 5.41) is 3.46. The van der Waals surface area contributed by atoms with Crippen molar-refractivity contribution in [3.05, 3.63) is 12.4 Å². The Kier molecular flexibility index (Phi) is 3.22. The summed E-state index contributed by atoms with van der Waals surface area (Å²) in [6.07, 6.45) is 9.36. The smallest absolute Gasteiger partial charge is 0.203 e. The summed E-state index contributed by atoms with van der Waals surface area (Å²) in [5.74, 6) is 1.04. The van der Waals surface area contributed by atoms with Gasteiger partial charge in [0.15, 0.2) is 0 Å². The average molecular weight is 221 g/mol. The van der Waals surface area contributed by atoms with Gasteiger partial charge >= 0.3 is 0 Å². The van der Waals surface area contributed by atoms with Gasteiger partial charge in [0.1, 0.15) is 0 Å². The Hall–Kier alpha value is -0.990. The molecule has 90 valence electrons. The van der Waals surface area contributed by atoms with Crippen molar-refractivity contribution in [2.75, 3.05) is 11.9 Å². The first kappa shape index (κ1) is 11.5. The molecular weight excluding hydrogens is 198 g/mol. The number of nitrogens with one attached hydrogen (secondary N) is 1. The zero-order chi connectivity index (χ0) is 11.6. The number of imidazole rings is 1. The van der Waals surface area contributed by atoms with Crippen LogP contribution in [-0.4, -0.2) is 16.1 Å². The van der Waals surface area contributed by atoms with Crippen molar-refractivity contribution in [3.8, 4) is 0 Å². The van der Waals surface area contributed by atoms with E-state index >= 15 is 0 Å². The molecular formula is C13H23N3. The van der Waals surface area contributed by atoms with Crippen LogP contribution in [0, 0.1) is 5.41 Å². The van der Waals surface area contributed by atoms with Crippen molar-refractivity contribution < 1.29 is 0 Å². The lowest BCUT2D eigenvalue weighted by atomic mass is 9.97. The number of rotatable bonds is 3. The van der Waals surface area contributed by atoms with Gasteiger partial charge in [-0.05, 0) is 18.3 Å². The number of hydrogen-bond acceptors (Lipinski definition) is 2. The first-order chi connectivity index (χ1) is 7.56. The minimum atomic E-state index is 0.298. The van der Waals surface area contributed by atoms with Crippen molar-refractivity contribution in [1.82, 2.24) is 9.55 Å². The van der Waals surface area contributed by atoms with Crippen LogP contribution < -0.4 is 5.32 Å². The van der Waals surface area contributed by atoms with Gasteiger partial charge in [0.25, 0.3) is 0 Å². The Bertz CT molecular complexity index is 329. The highest BCUT2D eigenvalue weighted by atomic mass is 15.2. The molecule has 1 heterocycles. The van der Waals surface area contributed by atoms with E-state index in [1.807, 2.05) is 6.20 Å². The second kappa shape index (κ2) is 4.48. The minimum Gasteiger partial charge on any atom is -0.355 e. The van der Waals surface area contributed by atoms with E-state index in [0.717, 1.165) is 12.5 Å². The summed E-state index contributed by atoms with van der Waals surface area (Å²) in [6.45, 7) is 7.69. The van der Waals surface area contributed by atoms with Crippen LogP contribution in [0.15, 0.2) is 12.4 Å². The third-order valence-electron chi connectivity index (χ3n) is 3.16. The van der Waals surface area contributed by atoms with Crippen molar-refractivity contribution in [3.63, 3.8) is 0 Å². The van der Waals surface area contributed by atoms with Gasteiger partial charge in [-0.25, -0.2) is 4.98 Å². The van der Waals surface area contributed by atoms with Crippen LogP contribution >= 0.6 is 0 Å². The van der Waals surface area contributed by atoms with Crippen LogP contribution in [0.3, 0.4) is 0 Å². The highest BCUT2D eigenvalue weighted by molar-refractivity contribution is 5.27. The Morgan fingerprint density at radius 1 is 1.38 bits per heavy atom.